The Balaban J connectivity index is 1.37. The Hall–Kier alpha value is -1.84. The highest BCUT2D eigenvalue weighted by Crippen LogP contribution is 2.29. The summed E-state index contributed by atoms with van der Waals surface area (Å²) >= 11 is 6.37. The molecular weight excluding hydrogens is 332 g/mol. The van der Waals surface area contributed by atoms with Gasteiger partial charge in [-0.25, -0.2) is 0 Å². The monoisotopic (exact) mass is 354 g/mol. The highest BCUT2D eigenvalue weighted by molar-refractivity contribution is 6.31. The lowest BCUT2D eigenvalue weighted by Gasteiger charge is -2.34. The third-order valence-corrected chi connectivity index (χ3v) is 5.99. The molecule has 2 aromatic carbocycles. The predicted octanol–water partition coefficient (Wildman–Crippen LogP) is 3.23. The fourth-order valence-corrected chi connectivity index (χ4v) is 4.38. The van der Waals surface area contributed by atoms with E-state index in [0.29, 0.717) is 12.6 Å². The standard InChI is InChI=1S/C21H23ClN2O/c1-24-13-16-7-4-8-20(22)19(16)11-18(24)12-23-21(25)17-9-14-5-2-3-6-15(14)10-17/h2-8,17-18H,9-13H2,1H3,(H,23,25)/t18-/m0/s1. The second kappa shape index (κ2) is 6.81. The quantitative estimate of drug-likeness (QED) is 0.917. The summed E-state index contributed by atoms with van der Waals surface area (Å²) in [7, 11) is 2.12. The molecule has 0 aromatic heterocycles. The number of nitrogens with one attached hydrogen (secondary N) is 1. The second-order valence-electron chi connectivity index (χ2n) is 7.27. The first-order valence-corrected chi connectivity index (χ1v) is 9.30. The molecule has 1 heterocycles. The molecule has 0 spiro atoms. The Morgan fingerprint density at radius 3 is 2.48 bits per heavy atom. The molecule has 0 saturated carbocycles. The van der Waals surface area contributed by atoms with Gasteiger partial charge in [0.05, 0.1) is 0 Å². The molecular formula is C21H23ClN2O. The van der Waals surface area contributed by atoms with E-state index >= 15 is 0 Å². The Labute approximate surface area is 154 Å². The lowest BCUT2D eigenvalue weighted by atomic mass is 9.94. The van der Waals surface area contributed by atoms with Crippen LogP contribution >= 0.6 is 11.6 Å². The molecule has 1 atom stereocenters. The SMILES string of the molecule is CN1Cc2cccc(Cl)c2C[C@H]1CNC(=O)C1Cc2ccccc2C1. The van der Waals surface area contributed by atoms with Crippen molar-refractivity contribution in [3.63, 3.8) is 0 Å². The average Bonchev–Trinajstić information content (AvgIpc) is 3.04. The number of halogens is 1. The lowest BCUT2D eigenvalue weighted by molar-refractivity contribution is -0.125. The zero-order chi connectivity index (χ0) is 17.4. The largest absolute Gasteiger partial charge is 0.354 e. The molecule has 1 N–H and O–H groups in total. The maximum absolute atomic E-state index is 12.6. The molecule has 1 aliphatic heterocycles. The van der Waals surface area contributed by atoms with Crippen LogP contribution in [0.15, 0.2) is 42.5 Å². The molecule has 1 amide bonds. The van der Waals surface area contributed by atoms with Gasteiger partial charge in [-0.2, -0.15) is 0 Å². The fraction of sp³-hybridized carbons (Fsp3) is 0.381. The minimum Gasteiger partial charge on any atom is -0.354 e. The Bertz CT molecular complexity index is 779. The van der Waals surface area contributed by atoms with Crippen molar-refractivity contribution in [2.24, 2.45) is 5.92 Å². The molecule has 0 radical (unpaired) electrons. The first kappa shape index (κ1) is 16.6. The number of nitrogens with zero attached hydrogens (tertiary/aromatic N) is 1. The maximum Gasteiger partial charge on any atom is 0.223 e. The molecule has 4 rings (SSSR count). The fourth-order valence-electron chi connectivity index (χ4n) is 4.10. The minimum atomic E-state index is 0.0715. The number of hydrogen-bond acceptors (Lipinski definition) is 2. The zero-order valence-corrected chi connectivity index (χ0v) is 15.2. The van der Waals surface area contributed by atoms with Crippen LogP contribution in [0.1, 0.15) is 22.3 Å². The van der Waals surface area contributed by atoms with Gasteiger partial charge in [-0.3, -0.25) is 9.69 Å². The van der Waals surface area contributed by atoms with E-state index in [0.717, 1.165) is 30.8 Å². The van der Waals surface area contributed by atoms with E-state index in [1.54, 1.807) is 0 Å². The van der Waals surface area contributed by atoms with Crippen LogP contribution in [0.25, 0.3) is 0 Å². The molecule has 0 fully saturated rings. The third-order valence-electron chi connectivity index (χ3n) is 5.63. The first-order valence-electron chi connectivity index (χ1n) is 8.93. The van der Waals surface area contributed by atoms with E-state index in [9.17, 15) is 4.79 Å². The average molecular weight is 355 g/mol. The molecule has 2 aromatic rings. The van der Waals surface area contributed by atoms with E-state index in [1.165, 1.54) is 22.3 Å². The molecule has 0 unspecified atom stereocenters. The summed E-state index contributed by atoms with van der Waals surface area (Å²) < 4.78 is 0. The number of carbonyl (C=O) groups is 1. The van der Waals surface area contributed by atoms with Crippen LogP contribution in [0.4, 0.5) is 0 Å². The van der Waals surface area contributed by atoms with Crippen LogP contribution in [-0.4, -0.2) is 30.4 Å². The summed E-state index contributed by atoms with van der Waals surface area (Å²) in [5, 5.41) is 4.03. The highest BCUT2D eigenvalue weighted by atomic mass is 35.5. The van der Waals surface area contributed by atoms with Crippen molar-refractivity contribution in [3.05, 3.63) is 69.7 Å². The van der Waals surface area contributed by atoms with Crippen molar-refractivity contribution < 1.29 is 4.79 Å². The first-order chi connectivity index (χ1) is 12.1. The van der Waals surface area contributed by atoms with Crippen molar-refractivity contribution in [3.8, 4) is 0 Å². The molecule has 0 saturated heterocycles. The van der Waals surface area contributed by atoms with Crippen LogP contribution in [-0.2, 0) is 30.6 Å². The van der Waals surface area contributed by atoms with Gasteiger partial charge < -0.3 is 5.32 Å². The summed E-state index contributed by atoms with van der Waals surface area (Å²) in [5.41, 5.74) is 5.16. The predicted molar refractivity (Wildman–Crippen MR) is 101 cm³/mol. The Morgan fingerprint density at radius 2 is 1.76 bits per heavy atom. The molecule has 4 heteroatoms. The zero-order valence-electron chi connectivity index (χ0n) is 14.5. The smallest absolute Gasteiger partial charge is 0.223 e. The number of rotatable bonds is 3. The van der Waals surface area contributed by atoms with Crippen molar-refractivity contribution >= 4 is 17.5 Å². The van der Waals surface area contributed by atoms with Gasteiger partial charge in [0.25, 0.3) is 0 Å². The summed E-state index contributed by atoms with van der Waals surface area (Å²) in [6.45, 7) is 1.55. The van der Waals surface area contributed by atoms with Gasteiger partial charge in [0.15, 0.2) is 0 Å². The normalized spacial score (nSPS) is 20.2. The van der Waals surface area contributed by atoms with E-state index in [1.807, 2.05) is 12.1 Å². The van der Waals surface area contributed by atoms with Gasteiger partial charge >= 0.3 is 0 Å². The van der Waals surface area contributed by atoms with Gasteiger partial charge in [0.2, 0.25) is 5.91 Å². The van der Waals surface area contributed by atoms with Crippen molar-refractivity contribution in [1.29, 1.82) is 0 Å². The third kappa shape index (κ3) is 3.31. The Morgan fingerprint density at radius 1 is 1.08 bits per heavy atom. The van der Waals surface area contributed by atoms with Crippen LogP contribution in [0.2, 0.25) is 5.02 Å². The second-order valence-corrected chi connectivity index (χ2v) is 7.68. The number of carbonyl (C=O) groups excluding carboxylic acids is 1. The summed E-state index contributed by atoms with van der Waals surface area (Å²) in [5.74, 6) is 0.247. The van der Waals surface area contributed by atoms with E-state index in [4.69, 9.17) is 11.6 Å². The van der Waals surface area contributed by atoms with Crippen LogP contribution in [0.5, 0.6) is 0 Å². The molecule has 25 heavy (non-hydrogen) atoms. The molecule has 3 nitrogen and oxygen atoms in total. The van der Waals surface area contributed by atoms with E-state index in [2.05, 4.69) is 47.6 Å². The number of fused-ring (bicyclic) bond motifs is 2. The topological polar surface area (TPSA) is 32.3 Å². The van der Waals surface area contributed by atoms with Crippen molar-refractivity contribution in [2.45, 2.75) is 31.8 Å². The summed E-state index contributed by atoms with van der Waals surface area (Å²) in [6.07, 6.45) is 2.60. The maximum atomic E-state index is 12.6. The van der Waals surface area contributed by atoms with Gasteiger partial charge in [0, 0.05) is 30.1 Å². The van der Waals surface area contributed by atoms with Gasteiger partial charge in [0.1, 0.15) is 0 Å². The number of likely N-dealkylation sites (N-methyl/N-ethyl adjacent to an activating group) is 1. The van der Waals surface area contributed by atoms with Crippen LogP contribution < -0.4 is 5.32 Å². The van der Waals surface area contributed by atoms with Gasteiger partial charge in [-0.05, 0) is 54.6 Å². The molecule has 1 aliphatic carbocycles. The molecule has 0 bridgehead atoms. The summed E-state index contributed by atoms with van der Waals surface area (Å²) in [6, 6.07) is 14.8. The number of amides is 1. The van der Waals surface area contributed by atoms with Crippen LogP contribution in [0, 0.1) is 5.92 Å². The van der Waals surface area contributed by atoms with Gasteiger partial charge in [-0.15, -0.1) is 0 Å². The van der Waals surface area contributed by atoms with Crippen molar-refractivity contribution in [1.82, 2.24) is 10.2 Å². The number of hydrogen-bond donors (Lipinski definition) is 1. The minimum absolute atomic E-state index is 0.0715. The van der Waals surface area contributed by atoms with E-state index < -0.39 is 0 Å². The van der Waals surface area contributed by atoms with Gasteiger partial charge in [-0.1, -0.05) is 48.0 Å². The summed E-state index contributed by atoms with van der Waals surface area (Å²) in [4.78, 5) is 14.9. The Kier molecular flexibility index (Phi) is 4.53. The van der Waals surface area contributed by atoms with Crippen molar-refractivity contribution in [2.75, 3.05) is 13.6 Å². The lowest BCUT2D eigenvalue weighted by Crippen LogP contribution is -2.46. The van der Waals surface area contributed by atoms with E-state index in [-0.39, 0.29) is 11.8 Å². The highest BCUT2D eigenvalue weighted by Gasteiger charge is 2.29. The molecule has 130 valence electrons. The molecule has 2 aliphatic rings. The number of benzene rings is 2. The van der Waals surface area contributed by atoms with Crippen LogP contribution in [0.3, 0.4) is 0 Å².